The van der Waals surface area contributed by atoms with Gasteiger partial charge >= 0.3 is 11.9 Å². The van der Waals surface area contributed by atoms with Crippen molar-refractivity contribution in [3.63, 3.8) is 0 Å². The second-order valence-corrected chi connectivity index (χ2v) is 3.68. The Morgan fingerprint density at radius 2 is 2.05 bits per heavy atom. The van der Waals surface area contributed by atoms with Crippen LogP contribution in [0.25, 0.3) is 6.08 Å². The second-order valence-electron chi connectivity index (χ2n) is 3.68. The van der Waals surface area contributed by atoms with Crippen LogP contribution in [0.15, 0.2) is 24.3 Å². The summed E-state index contributed by atoms with van der Waals surface area (Å²) in [6.45, 7) is 1.79. The number of hydrogen-bond donors (Lipinski definition) is 1. The van der Waals surface area contributed by atoms with E-state index in [1.165, 1.54) is 13.2 Å². The third kappa shape index (κ3) is 5.01. The lowest BCUT2D eigenvalue weighted by molar-refractivity contribution is -0.145. The molecule has 0 bridgehead atoms. The zero-order chi connectivity index (χ0) is 15.0. The van der Waals surface area contributed by atoms with Gasteiger partial charge in [-0.1, -0.05) is 6.07 Å². The van der Waals surface area contributed by atoms with Crippen molar-refractivity contribution < 1.29 is 28.9 Å². The van der Waals surface area contributed by atoms with Gasteiger partial charge in [-0.05, 0) is 30.7 Å². The average Bonchev–Trinajstić information content (AvgIpc) is 2.43. The molecule has 0 atom stereocenters. The van der Waals surface area contributed by atoms with Gasteiger partial charge in [0.2, 0.25) is 0 Å². The number of ether oxygens (including phenoxy) is 3. The molecule has 0 spiro atoms. The number of methoxy groups -OCH3 is 1. The molecule has 0 saturated carbocycles. The lowest BCUT2D eigenvalue weighted by Gasteiger charge is -2.10. The van der Waals surface area contributed by atoms with Crippen LogP contribution in [-0.2, 0) is 14.3 Å². The molecule has 0 unspecified atom stereocenters. The van der Waals surface area contributed by atoms with Crippen molar-refractivity contribution in [2.75, 3.05) is 20.3 Å². The van der Waals surface area contributed by atoms with Crippen LogP contribution in [0.1, 0.15) is 12.5 Å². The normalized spacial score (nSPS) is 10.3. The summed E-state index contributed by atoms with van der Waals surface area (Å²) < 4.78 is 15.2. The molecule has 20 heavy (non-hydrogen) atoms. The Balaban J connectivity index is 2.77. The number of carbonyl (C=O) groups excluding carboxylic acids is 1. The number of rotatable bonds is 7. The Hall–Kier alpha value is -2.50. The summed E-state index contributed by atoms with van der Waals surface area (Å²) in [6.07, 6.45) is 2.45. The Labute approximate surface area is 116 Å². The Bertz CT molecular complexity index is 506. The smallest absolute Gasteiger partial charge is 0.344 e. The average molecular weight is 280 g/mol. The van der Waals surface area contributed by atoms with Crippen LogP contribution in [0.5, 0.6) is 11.5 Å². The van der Waals surface area contributed by atoms with Gasteiger partial charge in [0, 0.05) is 6.08 Å². The highest BCUT2D eigenvalue weighted by Crippen LogP contribution is 2.28. The van der Waals surface area contributed by atoms with Gasteiger partial charge in [-0.3, -0.25) is 0 Å². The van der Waals surface area contributed by atoms with Crippen LogP contribution in [0.4, 0.5) is 0 Å². The van der Waals surface area contributed by atoms with Crippen LogP contribution in [0.2, 0.25) is 0 Å². The Morgan fingerprint density at radius 1 is 1.30 bits per heavy atom. The summed E-state index contributed by atoms with van der Waals surface area (Å²) in [7, 11) is 1.46. The summed E-state index contributed by atoms with van der Waals surface area (Å²) in [4.78, 5) is 21.6. The fourth-order valence-electron chi connectivity index (χ4n) is 1.41. The zero-order valence-corrected chi connectivity index (χ0v) is 11.3. The minimum atomic E-state index is -1.04. The molecular formula is C14H16O6. The first-order chi connectivity index (χ1) is 9.56. The maximum absolute atomic E-state index is 11.2. The van der Waals surface area contributed by atoms with Gasteiger partial charge in [-0.25, -0.2) is 9.59 Å². The third-order valence-corrected chi connectivity index (χ3v) is 2.26. The highest BCUT2D eigenvalue weighted by Gasteiger charge is 2.08. The van der Waals surface area contributed by atoms with Gasteiger partial charge < -0.3 is 19.3 Å². The topological polar surface area (TPSA) is 82.1 Å². The van der Waals surface area contributed by atoms with Gasteiger partial charge in [-0.15, -0.1) is 0 Å². The second kappa shape index (κ2) is 7.83. The third-order valence-electron chi connectivity index (χ3n) is 2.26. The van der Waals surface area contributed by atoms with E-state index in [1.807, 2.05) is 0 Å². The molecule has 0 saturated heterocycles. The maximum Gasteiger partial charge on any atom is 0.344 e. The predicted molar refractivity (Wildman–Crippen MR) is 71.8 cm³/mol. The van der Waals surface area contributed by atoms with Crippen molar-refractivity contribution in [1.29, 1.82) is 0 Å². The molecule has 0 heterocycles. The number of benzene rings is 1. The maximum atomic E-state index is 11.2. The Kier molecular flexibility index (Phi) is 6.09. The van der Waals surface area contributed by atoms with E-state index in [1.54, 1.807) is 25.1 Å². The fraction of sp³-hybridized carbons (Fsp3) is 0.286. The summed E-state index contributed by atoms with van der Waals surface area (Å²) >= 11 is 0. The molecule has 6 nitrogen and oxygen atoms in total. The molecule has 1 rings (SSSR count). The van der Waals surface area contributed by atoms with Crippen LogP contribution in [0, 0.1) is 0 Å². The summed E-state index contributed by atoms with van der Waals surface area (Å²) in [6, 6.07) is 4.86. The first-order valence-electron chi connectivity index (χ1n) is 5.94. The zero-order valence-electron chi connectivity index (χ0n) is 11.3. The predicted octanol–water partition coefficient (Wildman–Crippen LogP) is 1.73. The van der Waals surface area contributed by atoms with E-state index in [-0.39, 0.29) is 13.2 Å². The van der Waals surface area contributed by atoms with Crippen molar-refractivity contribution in [3.8, 4) is 11.5 Å². The van der Waals surface area contributed by atoms with Crippen LogP contribution >= 0.6 is 0 Å². The van der Waals surface area contributed by atoms with E-state index >= 15 is 0 Å². The number of esters is 1. The molecule has 0 aromatic heterocycles. The first kappa shape index (κ1) is 15.6. The number of carboxylic acids is 1. The molecular weight excluding hydrogens is 264 g/mol. The van der Waals surface area contributed by atoms with Gasteiger partial charge in [0.1, 0.15) is 0 Å². The fourth-order valence-corrected chi connectivity index (χ4v) is 1.41. The number of aliphatic carboxylic acids is 1. The van der Waals surface area contributed by atoms with Crippen molar-refractivity contribution in [1.82, 2.24) is 0 Å². The van der Waals surface area contributed by atoms with Gasteiger partial charge in [0.05, 0.1) is 13.7 Å². The molecule has 0 aliphatic rings. The van der Waals surface area contributed by atoms with Crippen LogP contribution in [0.3, 0.4) is 0 Å². The van der Waals surface area contributed by atoms with Crippen LogP contribution < -0.4 is 9.47 Å². The van der Waals surface area contributed by atoms with E-state index in [0.29, 0.717) is 17.1 Å². The molecule has 1 aromatic carbocycles. The molecule has 0 fully saturated rings. The Morgan fingerprint density at radius 3 is 2.65 bits per heavy atom. The van der Waals surface area contributed by atoms with E-state index in [0.717, 1.165) is 6.08 Å². The first-order valence-corrected chi connectivity index (χ1v) is 5.94. The largest absolute Gasteiger partial charge is 0.493 e. The molecule has 108 valence electrons. The molecule has 1 N–H and O–H groups in total. The lowest BCUT2D eigenvalue weighted by atomic mass is 10.2. The van der Waals surface area contributed by atoms with Gasteiger partial charge in [0.25, 0.3) is 0 Å². The number of carboxylic acid groups (broad SMARTS) is 1. The van der Waals surface area contributed by atoms with Crippen molar-refractivity contribution >= 4 is 18.0 Å². The number of hydrogen-bond acceptors (Lipinski definition) is 5. The summed E-state index contributed by atoms with van der Waals surface area (Å²) in [5, 5.41) is 8.56. The number of carbonyl (C=O) groups is 2. The highest BCUT2D eigenvalue weighted by molar-refractivity contribution is 5.85. The molecule has 0 aliphatic carbocycles. The molecule has 0 amide bonds. The summed E-state index contributed by atoms with van der Waals surface area (Å²) in [5.74, 6) is -0.717. The molecule has 6 heteroatoms. The quantitative estimate of drug-likeness (QED) is 0.605. The molecule has 0 radical (unpaired) electrons. The van der Waals surface area contributed by atoms with Gasteiger partial charge in [-0.2, -0.15) is 0 Å². The highest BCUT2D eigenvalue weighted by atomic mass is 16.6. The van der Waals surface area contributed by atoms with Crippen LogP contribution in [-0.4, -0.2) is 37.4 Å². The molecule has 1 aromatic rings. The lowest BCUT2D eigenvalue weighted by Crippen LogP contribution is -2.14. The molecule has 0 aliphatic heterocycles. The summed E-state index contributed by atoms with van der Waals surface area (Å²) in [5.41, 5.74) is 0.646. The van der Waals surface area contributed by atoms with E-state index in [9.17, 15) is 9.59 Å². The van der Waals surface area contributed by atoms with E-state index in [4.69, 9.17) is 19.3 Å². The minimum Gasteiger partial charge on any atom is -0.493 e. The van der Waals surface area contributed by atoms with Crippen molar-refractivity contribution in [2.24, 2.45) is 0 Å². The van der Waals surface area contributed by atoms with Crippen molar-refractivity contribution in [2.45, 2.75) is 6.92 Å². The van der Waals surface area contributed by atoms with E-state index in [2.05, 4.69) is 0 Å². The van der Waals surface area contributed by atoms with Gasteiger partial charge in [0.15, 0.2) is 18.1 Å². The minimum absolute atomic E-state index is 0.214. The monoisotopic (exact) mass is 280 g/mol. The SMILES string of the molecule is CCOC(=O)COc1ccc(/C=C/C(=O)O)cc1OC. The van der Waals surface area contributed by atoms with E-state index < -0.39 is 11.9 Å². The van der Waals surface area contributed by atoms with Crippen molar-refractivity contribution in [3.05, 3.63) is 29.8 Å². The standard InChI is InChI=1S/C14H16O6/c1-3-19-14(17)9-20-11-6-4-10(5-7-13(15)16)8-12(11)18-2/h4-8H,3,9H2,1-2H3,(H,15,16)/b7-5+.